The van der Waals surface area contributed by atoms with E-state index in [0.29, 0.717) is 6.61 Å². The topological polar surface area (TPSA) is 59.3 Å². The number of ether oxygens (including phenoxy) is 2. The molecule has 0 atom stereocenters. The Labute approximate surface area is 168 Å². The third-order valence-electron chi connectivity index (χ3n) is 3.92. The smallest absolute Gasteiger partial charge is 0.349 e. The molecule has 0 heterocycles. The molecule has 0 N–H and O–H groups in total. The molecule has 0 saturated heterocycles. The standard InChI is InChI=1S/C22H22BrNO3/c1-14(2)27-22(25)18(12-24)10-17-11-19(16(4)9-15(17)3)13-26-21-7-5-20(23)6-8-21/h5-11,14H,13H2,1-4H3/b18-10+. The third kappa shape index (κ3) is 5.97. The zero-order valence-corrected chi connectivity index (χ0v) is 17.5. The van der Waals surface area contributed by atoms with Gasteiger partial charge in [-0.2, -0.15) is 5.26 Å². The molecular formula is C22H22BrNO3. The first-order valence-corrected chi connectivity index (χ1v) is 9.40. The minimum absolute atomic E-state index is 0.0181. The number of hydrogen-bond donors (Lipinski definition) is 0. The Hall–Kier alpha value is -2.58. The van der Waals surface area contributed by atoms with E-state index in [1.165, 1.54) is 0 Å². The Kier molecular flexibility index (Phi) is 7.20. The highest BCUT2D eigenvalue weighted by Crippen LogP contribution is 2.22. The Balaban J connectivity index is 2.26. The third-order valence-corrected chi connectivity index (χ3v) is 4.44. The lowest BCUT2D eigenvalue weighted by atomic mass is 9.98. The Morgan fingerprint density at radius 1 is 1.19 bits per heavy atom. The van der Waals surface area contributed by atoms with Gasteiger partial charge in [0.25, 0.3) is 0 Å². The molecule has 0 aliphatic heterocycles. The number of nitriles is 1. The van der Waals surface area contributed by atoms with E-state index in [4.69, 9.17) is 9.47 Å². The number of halogens is 1. The number of benzene rings is 2. The van der Waals surface area contributed by atoms with Crippen LogP contribution < -0.4 is 4.74 Å². The molecule has 2 aromatic rings. The summed E-state index contributed by atoms with van der Waals surface area (Å²) in [6.45, 7) is 7.86. The van der Waals surface area contributed by atoms with Gasteiger partial charge in [-0.15, -0.1) is 0 Å². The summed E-state index contributed by atoms with van der Waals surface area (Å²) >= 11 is 3.40. The van der Waals surface area contributed by atoms with Gasteiger partial charge < -0.3 is 9.47 Å². The van der Waals surface area contributed by atoms with Crippen molar-refractivity contribution in [3.05, 3.63) is 68.7 Å². The number of hydrogen-bond acceptors (Lipinski definition) is 4. The van der Waals surface area contributed by atoms with Gasteiger partial charge in [-0.05, 0) is 86.4 Å². The van der Waals surface area contributed by atoms with Crippen LogP contribution in [0.5, 0.6) is 5.75 Å². The zero-order valence-electron chi connectivity index (χ0n) is 15.9. The van der Waals surface area contributed by atoms with E-state index in [1.54, 1.807) is 19.9 Å². The summed E-state index contributed by atoms with van der Waals surface area (Å²) in [4.78, 5) is 12.0. The van der Waals surface area contributed by atoms with Crippen LogP contribution >= 0.6 is 15.9 Å². The molecular weight excluding hydrogens is 406 g/mol. The first-order chi connectivity index (χ1) is 12.8. The molecule has 0 aliphatic carbocycles. The molecule has 0 radical (unpaired) electrons. The monoisotopic (exact) mass is 427 g/mol. The van der Waals surface area contributed by atoms with Crippen molar-refractivity contribution >= 4 is 28.0 Å². The lowest BCUT2D eigenvalue weighted by Gasteiger charge is -2.12. The number of aryl methyl sites for hydroxylation is 2. The molecule has 0 saturated carbocycles. The fourth-order valence-electron chi connectivity index (χ4n) is 2.49. The highest BCUT2D eigenvalue weighted by molar-refractivity contribution is 9.10. The normalized spacial score (nSPS) is 11.2. The molecule has 0 fully saturated rings. The van der Waals surface area contributed by atoms with Gasteiger partial charge in [0.05, 0.1) is 6.10 Å². The minimum Gasteiger partial charge on any atom is -0.489 e. The molecule has 4 nitrogen and oxygen atoms in total. The highest BCUT2D eigenvalue weighted by Gasteiger charge is 2.14. The minimum atomic E-state index is -0.611. The maximum Gasteiger partial charge on any atom is 0.349 e. The second-order valence-electron chi connectivity index (χ2n) is 6.50. The van der Waals surface area contributed by atoms with Crippen molar-refractivity contribution in [2.24, 2.45) is 0 Å². The van der Waals surface area contributed by atoms with E-state index in [-0.39, 0.29) is 11.7 Å². The fraction of sp³-hybridized carbons (Fsp3) is 0.273. The van der Waals surface area contributed by atoms with E-state index in [1.807, 2.05) is 56.3 Å². The number of carbonyl (C=O) groups is 1. The van der Waals surface area contributed by atoms with Crippen molar-refractivity contribution in [3.63, 3.8) is 0 Å². The molecule has 27 heavy (non-hydrogen) atoms. The van der Waals surface area contributed by atoms with Gasteiger partial charge in [-0.25, -0.2) is 4.79 Å². The van der Waals surface area contributed by atoms with E-state index in [2.05, 4.69) is 15.9 Å². The molecule has 0 bridgehead atoms. The first kappa shape index (κ1) is 20.7. The largest absolute Gasteiger partial charge is 0.489 e. The Morgan fingerprint density at radius 3 is 2.44 bits per heavy atom. The molecule has 0 unspecified atom stereocenters. The SMILES string of the molecule is Cc1cc(C)c(COc2ccc(Br)cc2)cc1/C=C(\C#N)C(=O)OC(C)C. The molecule has 5 heteroatoms. The van der Waals surface area contributed by atoms with Crippen LogP contribution in [0.25, 0.3) is 6.08 Å². The summed E-state index contributed by atoms with van der Waals surface area (Å²) in [5.74, 6) is 0.161. The fourth-order valence-corrected chi connectivity index (χ4v) is 2.75. The van der Waals surface area contributed by atoms with E-state index in [0.717, 1.165) is 32.5 Å². The highest BCUT2D eigenvalue weighted by atomic mass is 79.9. The molecule has 0 aromatic heterocycles. The van der Waals surface area contributed by atoms with E-state index < -0.39 is 5.97 Å². The van der Waals surface area contributed by atoms with Crippen molar-refractivity contribution in [1.29, 1.82) is 5.26 Å². The number of rotatable bonds is 6. The molecule has 0 spiro atoms. The van der Waals surface area contributed by atoms with Crippen molar-refractivity contribution in [2.75, 3.05) is 0 Å². The van der Waals surface area contributed by atoms with Crippen LogP contribution in [0, 0.1) is 25.2 Å². The van der Waals surface area contributed by atoms with Crippen molar-refractivity contribution in [1.82, 2.24) is 0 Å². The number of nitrogens with zero attached hydrogens (tertiary/aromatic N) is 1. The first-order valence-electron chi connectivity index (χ1n) is 8.61. The average molecular weight is 428 g/mol. The van der Waals surface area contributed by atoms with Gasteiger partial charge in [-0.3, -0.25) is 0 Å². The van der Waals surface area contributed by atoms with Crippen LogP contribution in [0.4, 0.5) is 0 Å². The van der Waals surface area contributed by atoms with E-state index in [9.17, 15) is 10.1 Å². The van der Waals surface area contributed by atoms with Gasteiger partial charge in [0.1, 0.15) is 24.0 Å². The lowest BCUT2D eigenvalue weighted by molar-refractivity contribution is -0.142. The van der Waals surface area contributed by atoms with Crippen molar-refractivity contribution in [2.45, 2.75) is 40.4 Å². The van der Waals surface area contributed by atoms with Gasteiger partial charge in [0.15, 0.2) is 0 Å². The molecule has 0 amide bonds. The summed E-state index contributed by atoms with van der Waals surface area (Å²) in [5, 5.41) is 9.31. The average Bonchev–Trinajstić information content (AvgIpc) is 2.61. The molecule has 2 aromatic carbocycles. The van der Waals surface area contributed by atoms with E-state index >= 15 is 0 Å². The van der Waals surface area contributed by atoms with Crippen LogP contribution in [-0.4, -0.2) is 12.1 Å². The quantitative estimate of drug-likeness (QED) is 0.346. The summed E-state index contributed by atoms with van der Waals surface area (Å²) in [6, 6.07) is 13.5. The van der Waals surface area contributed by atoms with Gasteiger partial charge in [0, 0.05) is 4.47 Å². The summed E-state index contributed by atoms with van der Waals surface area (Å²) < 4.78 is 12.0. The number of esters is 1. The second kappa shape index (κ2) is 9.38. The van der Waals surface area contributed by atoms with Crippen molar-refractivity contribution in [3.8, 4) is 11.8 Å². The van der Waals surface area contributed by atoms with Crippen LogP contribution in [0.2, 0.25) is 0 Å². The lowest BCUT2D eigenvalue weighted by Crippen LogP contribution is -2.12. The maximum atomic E-state index is 12.0. The number of carbonyl (C=O) groups excluding carboxylic acids is 1. The van der Waals surface area contributed by atoms with Gasteiger partial charge in [0.2, 0.25) is 0 Å². The van der Waals surface area contributed by atoms with Crippen LogP contribution in [0.3, 0.4) is 0 Å². The molecule has 0 aliphatic rings. The zero-order chi connectivity index (χ0) is 20.0. The Morgan fingerprint density at radius 2 is 1.85 bits per heavy atom. The summed E-state index contributed by atoms with van der Waals surface area (Å²) in [7, 11) is 0. The molecule has 2 rings (SSSR count). The molecule has 140 valence electrons. The van der Waals surface area contributed by atoms with Gasteiger partial charge in [-0.1, -0.05) is 22.0 Å². The van der Waals surface area contributed by atoms with Crippen molar-refractivity contribution < 1.29 is 14.3 Å². The second-order valence-corrected chi connectivity index (χ2v) is 7.42. The predicted molar refractivity (Wildman–Crippen MR) is 109 cm³/mol. The van der Waals surface area contributed by atoms with Crippen LogP contribution in [0.1, 0.15) is 36.1 Å². The van der Waals surface area contributed by atoms with Crippen LogP contribution in [-0.2, 0) is 16.1 Å². The Bertz CT molecular complexity index is 893. The van der Waals surface area contributed by atoms with Crippen LogP contribution in [0.15, 0.2) is 46.4 Å². The predicted octanol–water partition coefficient (Wildman–Crippen LogP) is 5.50. The maximum absolute atomic E-state index is 12.0. The summed E-state index contributed by atoms with van der Waals surface area (Å²) in [5.41, 5.74) is 3.84. The van der Waals surface area contributed by atoms with Gasteiger partial charge >= 0.3 is 5.97 Å². The summed E-state index contributed by atoms with van der Waals surface area (Å²) in [6.07, 6.45) is 1.30.